The van der Waals surface area contributed by atoms with Crippen molar-refractivity contribution in [2.75, 3.05) is 45.3 Å². The molecule has 1 fully saturated rings. The second-order valence-corrected chi connectivity index (χ2v) is 5.24. The highest BCUT2D eigenvalue weighted by Gasteiger charge is 2.25. The summed E-state index contributed by atoms with van der Waals surface area (Å²) in [5.74, 6) is 1.41. The fourth-order valence-corrected chi connectivity index (χ4v) is 2.59. The molecule has 0 aliphatic carbocycles. The van der Waals surface area contributed by atoms with Crippen molar-refractivity contribution in [2.24, 2.45) is 0 Å². The van der Waals surface area contributed by atoms with E-state index in [1.54, 1.807) is 42.6 Å². The molecule has 0 saturated carbocycles. The van der Waals surface area contributed by atoms with Gasteiger partial charge in [-0.15, -0.1) is 0 Å². The van der Waals surface area contributed by atoms with E-state index < -0.39 is 0 Å². The minimum Gasteiger partial charge on any atom is -0.481 e. The fourth-order valence-electron chi connectivity index (χ4n) is 2.59. The first kappa shape index (κ1) is 16.0. The first-order chi connectivity index (χ1) is 11.7. The maximum Gasteiger partial charge on any atom is 0.259 e. The summed E-state index contributed by atoms with van der Waals surface area (Å²) >= 11 is 0. The highest BCUT2D eigenvalue weighted by atomic mass is 16.5. The molecule has 0 aromatic carbocycles. The minimum atomic E-state index is -0.0776. The summed E-state index contributed by atoms with van der Waals surface area (Å²) in [6, 6.07) is 5.17. The van der Waals surface area contributed by atoms with Crippen LogP contribution < -0.4 is 14.4 Å². The van der Waals surface area contributed by atoms with Gasteiger partial charge in [-0.05, 0) is 12.1 Å². The number of aromatic nitrogens is 3. The molecule has 1 aliphatic heterocycles. The Hall–Kier alpha value is -2.90. The zero-order valence-corrected chi connectivity index (χ0v) is 13.7. The first-order valence-electron chi connectivity index (χ1n) is 7.63. The van der Waals surface area contributed by atoms with Crippen LogP contribution in [0.3, 0.4) is 0 Å². The molecule has 0 radical (unpaired) electrons. The molecule has 2 aromatic rings. The number of hydrogen-bond acceptors (Lipinski definition) is 7. The minimum absolute atomic E-state index is 0.0776. The van der Waals surface area contributed by atoms with Crippen molar-refractivity contribution in [2.45, 2.75) is 0 Å². The number of ether oxygens (including phenoxy) is 2. The molecule has 126 valence electrons. The number of hydrogen-bond donors (Lipinski definition) is 0. The summed E-state index contributed by atoms with van der Waals surface area (Å²) in [6.07, 6.45) is 3.27. The molecule has 2 aromatic heterocycles. The molecule has 0 bridgehead atoms. The Morgan fingerprint density at radius 3 is 2.54 bits per heavy atom. The highest BCUT2D eigenvalue weighted by Crippen LogP contribution is 2.19. The molecule has 1 saturated heterocycles. The molecule has 8 heteroatoms. The van der Waals surface area contributed by atoms with Gasteiger partial charge in [0.1, 0.15) is 5.56 Å². The van der Waals surface area contributed by atoms with Gasteiger partial charge in [0.15, 0.2) is 0 Å². The van der Waals surface area contributed by atoms with Crippen LogP contribution >= 0.6 is 0 Å². The van der Waals surface area contributed by atoms with Gasteiger partial charge in [0.05, 0.1) is 14.2 Å². The van der Waals surface area contributed by atoms with Crippen molar-refractivity contribution >= 4 is 11.9 Å². The topological polar surface area (TPSA) is 80.7 Å². The van der Waals surface area contributed by atoms with E-state index in [0.717, 1.165) is 0 Å². The van der Waals surface area contributed by atoms with Crippen LogP contribution in [0.5, 0.6) is 11.8 Å². The van der Waals surface area contributed by atoms with E-state index in [0.29, 0.717) is 49.5 Å². The Morgan fingerprint density at radius 1 is 1.04 bits per heavy atom. The van der Waals surface area contributed by atoms with Crippen molar-refractivity contribution in [3.8, 4) is 11.8 Å². The number of amides is 1. The largest absolute Gasteiger partial charge is 0.481 e. The summed E-state index contributed by atoms with van der Waals surface area (Å²) in [4.78, 5) is 29.2. The maximum absolute atomic E-state index is 12.7. The second-order valence-electron chi connectivity index (χ2n) is 5.24. The molecule has 0 N–H and O–H groups in total. The molecule has 3 heterocycles. The number of anilines is 1. The number of pyridine rings is 1. The number of carbonyl (C=O) groups is 1. The quantitative estimate of drug-likeness (QED) is 0.822. The first-order valence-corrected chi connectivity index (χ1v) is 7.63. The molecule has 0 unspecified atom stereocenters. The number of methoxy groups -OCH3 is 2. The Kier molecular flexibility index (Phi) is 4.74. The number of carbonyl (C=O) groups excluding carboxylic acids is 1. The highest BCUT2D eigenvalue weighted by molar-refractivity contribution is 5.96. The number of nitrogens with zero attached hydrogens (tertiary/aromatic N) is 5. The van der Waals surface area contributed by atoms with E-state index >= 15 is 0 Å². The third-order valence-electron chi connectivity index (χ3n) is 3.87. The van der Waals surface area contributed by atoms with Crippen LogP contribution in [0.1, 0.15) is 10.4 Å². The average molecular weight is 329 g/mol. The van der Waals surface area contributed by atoms with Crippen LogP contribution in [0.25, 0.3) is 0 Å². The van der Waals surface area contributed by atoms with E-state index in [2.05, 4.69) is 15.0 Å². The van der Waals surface area contributed by atoms with Gasteiger partial charge in [-0.2, -0.15) is 4.98 Å². The monoisotopic (exact) mass is 329 g/mol. The zero-order chi connectivity index (χ0) is 16.9. The van der Waals surface area contributed by atoms with Crippen LogP contribution in [-0.2, 0) is 0 Å². The van der Waals surface area contributed by atoms with Gasteiger partial charge in [0.25, 0.3) is 5.91 Å². The van der Waals surface area contributed by atoms with Gasteiger partial charge in [-0.25, -0.2) is 9.97 Å². The standard InChI is InChI=1S/C16H19N5O3/c1-23-13-5-7-18-16(19-13)21-10-8-20(9-11-21)15(22)12-4-3-6-17-14(12)24-2/h3-7H,8-11H2,1-2H3. The lowest BCUT2D eigenvalue weighted by molar-refractivity contribution is 0.0742. The molecule has 1 aliphatic rings. The van der Waals surface area contributed by atoms with Crippen molar-refractivity contribution in [3.05, 3.63) is 36.2 Å². The van der Waals surface area contributed by atoms with Gasteiger partial charge in [0, 0.05) is 44.6 Å². The van der Waals surface area contributed by atoms with Crippen LogP contribution in [0.15, 0.2) is 30.6 Å². The second kappa shape index (κ2) is 7.12. The van der Waals surface area contributed by atoms with Crippen LogP contribution in [0.2, 0.25) is 0 Å². The van der Waals surface area contributed by atoms with Crippen molar-refractivity contribution in [1.82, 2.24) is 19.9 Å². The lowest BCUT2D eigenvalue weighted by atomic mass is 10.2. The normalized spacial score (nSPS) is 14.4. The van der Waals surface area contributed by atoms with Gasteiger partial charge in [-0.3, -0.25) is 4.79 Å². The smallest absolute Gasteiger partial charge is 0.259 e. The molecule has 8 nitrogen and oxygen atoms in total. The average Bonchev–Trinajstić information content (AvgIpc) is 2.67. The molecule has 1 amide bonds. The Morgan fingerprint density at radius 2 is 1.83 bits per heavy atom. The van der Waals surface area contributed by atoms with Gasteiger partial charge in [-0.1, -0.05) is 0 Å². The van der Waals surface area contributed by atoms with Gasteiger partial charge < -0.3 is 19.3 Å². The summed E-state index contributed by atoms with van der Waals surface area (Å²) in [5.41, 5.74) is 0.478. The van der Waals surface area contributed by atoms with Crippen LogP contribution in [0, 0.1) is 0 Å². The lowest BCUT2D eigenvalue weighted by Gasteiger charge is -2.34. The third kappa shape index (κ3) is 3.22. The summed E-state index contributed by atoms with van der Waals surface area (Å²) in [7, 11) is 3.08. The Balaban J connectivity index is 1.67. The van der Waals surface area contributed by atoms with E-state index in [-0.39, 0.29) is 5.91 Å². The van der Waals surface area contributed by atoms with Gasteiger partial charge in [0.2, 0.25) is 17.7 Å². The van der Waals surface area contributed by atoms with Gasteiger partial charge >= 0.3 is 0 Å². The zero-order valence-electron chi connectivity index (χ0n) is 13.7. The molecular formula is C16H19N5O3. The predicted molar refractivity (Wildman–Crippen MR) is 87.5 cm³/mol. The van der Waals surface area contributed by atoms with Crippen molar-refractivity contribution in [1.29, 1.82) is 0 Å². The molecule has 0 spiro atoms. The fraction of sp³-hybridized carbons (Fsp3) is 0.375. The molecular weight excluding hydrogens is 310 g/mol. The summed E-state index contributed by atoms with van der Waals surface area (Å²) < 4.78 is 10.3. The third-order valence-corrected chi connectivity index (χ3v) is 3.87. The van der Waals surface area contributed by atoms with E-state index in [9.17, 15) is 4.79 Å². The predicted octanol–water partition coefficient (Wildman–Crippen LogP) is 0.851. The van der Waals surface area contributed by atoms with Crippen molar-refractivity contribution in [3.63, 3.8) is 0 Å². The van der Waals surface area contributed by atoms with Crippen LogP contribution in [0.4, 0.5) is 5.95 Å². The summed E-state index contributed by atoms with van der Waals surface area (Å²) in [6.45, 7) is 2.47. The maximum atomic E-state index is 12.7. The summed E-state index contributed by atoms with van der Waals surface area (Å²) in [5, 5.41) is 0. The Labute approximate surface area is 140 Å². The molecule has 24 heavy (non-hydrogen) atoms. The van der Waals surface area contributed by atoms with Crippen molar-refractivity contribution < 1.29 is 14.3 Å². The molecule has 0 atom stereocenters. The van der Waals surface area contributed by atoms with E-state index in [4.69, 9.17) is 9.47 Å². The van der Waals surface area contributed by atoms with Crippen LogP contribution in [-0.4, -0.2) is 66.2 Å². The van der Waals surface area contributed by atoms with E-state index in [1.165, 1.54) is 7.11 Å². The number of rotatable bonds is 4. The SMILES string of the molecule is COc1ccnc(N2CCN(C(=O)c3cccnc3OC)CC2)n1. The molecule has 3 rings (SSSR count). The lowest BCUT2D eigenvalue weighted by Crippen LogP contribution is -2.49. The number of piperazine rings is 1. The Bertz CT molecular complexity index is 716. The van der Waals surface area contributed by atoms with E-state index in [1.807, 2.05) is 4.90 Å².